The number of fused-ring (bicyclic) bond motifs is 1. The molecule has 4 aromatic rings. The third-order valence-corrected chi connectivity index (χ3v) is 5.25. The summed E-state index contributed by atoms with van der Waals surface area (Å²) in [7, 11) is 1.33. The van der Waals surface area contributed by atoms with Crippen molar-refractivity contribution < 1.29 is 9.13 Å². The smallest absolute Gasteiger partial charge is 0.267 e. The number of anilines is 2. The van der Waals surface area contributed by atoms with Crippen LogP contribution in [0, 0.1) is 17.1 Å². The Bertz CT molecular complexity index is 1480. The average molecular weight is 466 g/mol. The summed E-state index contributed by atoms with van der Waals surface area (Å²) in [5, 5.41) is 12.9. The number of methoxy groups -OCH3 is 1. The Hall–Kier alpha value is -4.23. The summed E-state index contributed by atoms with van der Waals surface area (Å²) < 4.78 is 20.4. The fourth-order valence-electron chi connectivity index (χ4n) is 3.39. The molecule has 1 atom stereocenters. The molecular formula is C22H17ClFN7O2. The van der Waals surface area contributed by atoms with E-state index >= 15 is 0 Å². The SMILES string of the molecule is COc1cc(-n2c([C@H](C)Nc3nc(N)ncc3C#N)nc3cccc(Cl)c3c2=O)ccc1F. The van der Waals surface area contributed by atoms with E-state index in [0.29, 0.717) is 11.2 Å². The molecule has 9 nitrogen and oxygen atoms in total. The van der Waals surface area contributed by atoms with Crippen molar-refractivity contribution in [1.29, 1.82) is 5.26 Å². The van der Waals surface area contributed by atoms with Crippen molar-refractivity contribution >= 4 is 34.3 Å². The zero-order chi connectivity index (χ0) is 23.7. The summed E-state index contributed by atoms with van der Waals surface area (Å²) in [5.74, 6) is -0.197. The first-order chi connectivity index (χ1) is 15.8. The van der Waals surface area contributed by atoms with E-state index in [1.54, 1.807) is 25.1 Å². The van der Waals surface area contributed by atoms with Gasteiger partial charge in [0.15, 0.2) is 11.6 Å². The van der Waals surface area contributed by atoms with Gasteiger partial charge in [-0.2, -0.15) is 10.2 Å². The molecule has 33 heavy (non-hydrogen) atoms. The van der Waals surface area contributed by atoms with E-state index in [2.05, 4.69) is 20.3 Å². The number of benzene rings is 2. The van der Waals surface area contributed by atoms with Gasteiger partial charge in [-0.1, -0.05) is 17.7 Å². The molecule has 0 unspecified atom stereocenters. The van der Waals surface area contributed by atoms with Gasteiger partial charge in [0.1, 0.15) is 23.3 Å². The Balaban J connectivity index is 1.96. The van der Waals surface area contributed by atoms with Crippen LogP contribution in [0.4, 0.5) is 16.2 Å². The molecular weight excluding hydrogens is 449 g/mol. The van der Waals surface area contributed by atoms with Crippen LogP contribution in [-0.2, 0) is 0 Å². The molecule has 0 saturated heterocycles. The lowest BCUT2D eigenvalue weighted by Gasteiger charge is -2.21. The molecule has 0 spiro atoms. The number of ether oxygens (including phenoxy) is 1. The predicted octanol–water partition coefficient (Wildman–Crippen LogP) is 3.60. The molecule has 0 aliphatic rings. The van der Waals surface area contributed by atoms with E-state index in [0.717, 1.165) is 0 Å². The van der Waals surface area contributed by atoms with Crippen molar-refractivity contribution in [2.45, 2.75) is 13.0 Å². The van der Waals surface area contributed by atoms with Crippen LogP contribution in [0.1, 0.15) is 24.4 Å². The summed E-state index contributed by atoms with van der Waals surface area (Å²) in [6.07, 6.45) is 1.29. The van der Waals surface area contributed by atoms with E-state index in [4.69, 9.17) is 22.1 Å². The summed E-state index contributed by atoms with van der Waals surface area (Å²) in [5.41, 5.74) is 6.08. The third-order valence-electron chi connectivity index (χ3n) is 4.93. The minimum absolute atomic E-state index is 0.0254. The van der Waals surface area contributed by atoms with Gasteiger partial charge < -0.3 is 15.8 Å². The number of nitrogens with zero attached hydrogens (tertiary/aromatic N) is 5. The molecule has 0 aliphatic heterocycles. The highest BCUT2D eigenvalue weighted by Gasteiger charge is 2.21. The van der Waals surface area contributed by atoms with Crippen molar-refractivity contribution in [3.8, 4) is 17.5 Å². The van der Waals surface area contributed by atoms with E-state index in [1.165, 1.54) is 36.1 Å². The second kappa shape index (κ2) is 8.72. The molecule has 4 rings (SSSR count). The van der Waals surface area contributed by atoms with Crippen LogP contribution in [-0.4, -0.2) is 26.6 Å². The zero-order valence-corrected chi connectivity index (χ0v) is 18.3. The molecule has 2 aromatic heterocycles. The summed E-state index contributed by atoms with van der Waals surface area (Å²) in [6, 6.07) is 10.3. The highest BCUT2D eigenvalue weighted by Crippen LogP contribution is 2.27. The van der Waals surface area contributed by atoms with Crippen molar-refractivity contribution in [3.63, 3.8) is 0 Å². The Morgan fingerprint density at radius 3 is 2.82 bits per heavy atom. The van der Waals surface area contributed by atoms with Crippen molar-refractivity contribution in [1.82, 2.24) is 19.5 Å². The van der Waals surface area contributed by atoms with E-state index < -0.39 is 17.4 Å². The Labute approximate surface area is 192 Å². The largest absolute Gasteiger partial charge is 0.494 e. The maximum absolute atomic E-state index is 14.1. The van der Waals surface area contributed by atoms with Gasteiger partial charge in [0.25, 0.3) is 5.56 Å². The van der Waals surface area contributed by atoms with Gasteiger partial charge >= 0.3 is 0 Å². The number of nitrogens with one attached hydrogen (secondary N) is 1. The standard InChI is InChI=1S/C22H17ClFN7O2/c1-11(28-19-12(9-25)10-27-22(26)30-19)20-29-16-5-3-4-14(23)18(16)21(32)31(20)13-6-7-15(24)17(8-13)33-2/h3-8,10-11H,1-2H3,(H3,26,27,28,30)/t11-/m0/s1. The normalized spacial score (nSPS) is 11.7. The summed E-state index contributed by atoms with van der Waals surface area (Å²) in [6.45, 7) is 1.73. The van der Waals surface area contributed by atoms with E-state index in [9.17, 15) is 14.4 Å². The highest BCUT2D eigenvalue weighted by molar-refractivity contribution is 6.35. The lowest BCUT2D eigenvalue weighted by atomic mass is 10.2. The fraction of sp³-hybridized carbons (Fsp3) is 0.136. The lowest BCUT2D eigenvalue weighted by Crippen LogP contribution is -2.28. The molecule has 2 heterocycles. The minimum Gasteiger partial charge on any atom is -0.494 e. The lowest BCUT2D eigenvalue weighted by molar-refractivity contribution is 0.386. The Morgan fingerprint density at radius 1 is 1.30 bits per heavy atom. The molecule has 0 amide bonds. The van der Waals surface area contributed by atoms with Gasteiger partial charge in [0.2, 0.25) is 5.95 Å². The first-order valence-electron chi connectivity index (χ1n) is 9.68. The molecule has 11 heteroatoms. The van der Waals surface area contributed by atoms with Crippen molar-refractivity contribution in [3.05, 3.63) is 75.2 Å². The number of nitrogens with two attached hydrogens (primary N) is 1. The van der Waals surface area contributed by atoms with Crippen LogP contribution in [0.15, 0.2) is 47.4 Å². The number of nitriles is 1. The van der Waals surface area contributed by atoms with Crippen LogP contribution in [0.25, 0.3) is 16.6 Å². The Morgan fingerprint density at radius 2 is 2.09 bits per heavy atom. The molecule has 0 aliphatic carbocycles. The number of aromatic nitrogens is 4. The number of rotatable bonds is 5. The quantitative estimate of drug-likeness (QED) is 0.457. The molecule has 0 radical (unpaired) electrons. The summed E-state index contributed by atoms with van der Waals surface area (Å²) >= 11 is 6.30. The molecule has 3 N–H and O–H groups in total. The van der Waals surface area contributed by atoms with Gasteiger partial charge in [0, 0.05) is 6.07 Å². The van der Waals surface area contributed by atoms with Crippen LogP contribution in [0.5, 0.6) is 5.75 Å². The number of halogens is 2. The van der Waals surface area contributed by atoms with E-state index in [-0.39, 0.29) is 39.3 Å². The van der Waals surface area contributed by atoms with E-state index in [1.807, 2.05) is 6.07 Å². The second-order valence-corrected chi connectivity index (χ2v) is 7.44. The molecule has 2 aromatic carbocycles. The van der Waals surface area contributed by atoms with Crippen LogP contribution in [0.3, 0.4) is 0 Å². The zero-order valence-electron chi connectivity index (χ0n) is 17.5. The fourth-order valence-corrected chi connectivity index (χ4v) is 3.64. The highest BCUT2D eigenvalue weighted by atomic mass is 35.5. The number of nitrogen functional groups attached to an aromatic ring is 1. The molecule has 0 saturated carbocycles. The van der Waals surface area contributed by atoms with Gasteiger partial charge in [-0.05, 0) is 31.2 Å². The van der Waals surface area contributed by atoms with Crippen LogP contribution in [0.2, 0.25) is 5.02 Å². The molecule has 0 bridgehead atoms. The third kappa shape index (κ3) is 4.02. The van der Waals surface area contributed by atoms with Gasteiger partial charge in [0.05, 0.1) is 41.0 Å². The van der Waals surface area contributed by atoms with Crippen molar-refractivity contribution in [2.24, 2.45) is 0 Å². The predicted molar refractivity (Wildman–Crippen MR) is 122 cm³/mol. The number of hydrogen-bond acceptors (Lipinski definition) is 8. The average Bonchev–Trinajstić information content (AvgIpc) is 2.79. The van der Waals surface area contributed by atoms with Crippen LogP contribution >= 0.6 is 11.6 Å². The van der Waals surface area contributed by atoms with Gasteiger partial charge in [-0.15, -0.1) is 0 Å². The molecule has 0 fully saturated rings. The van der Waals surface area contributed by atoms with Crippen LogP contribution < -0.4 is 21.3 Å². The monoisotopic (exact) mass is 465 g/mol. The number of hydrogen-bond donors (Lipinski definition) is 2. The summed E-state index contributed by atoms with van der Waals surface area (Å²) in [4.78, 5) is 26.1. The molecule has 166 valence electrons. The van der Waals surface area contributed by atoms with Gasteiger partial charge in [-0.3, -0.25) is 9.36 Å². The first-order valence-corrected chi connectivity index (χ1v) is 10.1. The van der Waals surface area contributed by atoms with Crippen molar-refractivity contribution in [2.75, 3.05) is 18.2 Å². The van der Waals surface area contributed by atoms with Gasteiger partial charge in [-0.25, -0.2) is 14.4 Å². The minimum atomic E-state index is -0.640. The second-order valence-electron chi connectivity index (χ2n) is 7.03. The maximum Gasteiger partial charge on any atom is 0.267 e. The Kier molecular flexibility index (Phi) is 5.81. The topological polar surface area (TPSA) is 132 Å². The first kappa shape index (κ1) is 22.0. The maximum atomic E-state index is 14.1.